The molecule has 9 heteroatoms. The summed E-state index contributed by atoms with van der Waals surface area (Å²) in [5, 5.41) is 2.86. The highest BCUT2D eigenvalue weighted by Gasteiger charge is 2.13. The van der Waals surface area contributed by atoms with Gasteiger partial charge in [0.05, 0.1) is 19.5 Å². The van der Waals surface area contributed by atoms with Crippen molar-refractivity contribution in [3.63, 3.8) is 0 Å². The van der Waals surface area contributed by atoms with Gasteiger partial charge in [0.25, 0.3) is 5.91 Å². The van der Waals surface area contributed by atoms with Gasteiger partial charge in [-0.3, -0.25) is 9.52 Å². The van der Waals surface area contributed by atoms with Gasteiger partial charge in [-0.1, -0.05) is 0 Å². The summed E-state index contributed by atoms with van der Waals surface area (Å²) in [5.74, 6) is 0.645. The number of hydrogen-bond donors (Lipinski definition) is 2. The first-order chi connectivity index (χ1) is 12.9. The first kappa shape index (κ1) is 19.1. The van der Waals surface area contributed by atoms with Gasteiger partial charge in [-0.25, -0.2) is 13.4 Å². The fraction of sp³-hybridized carbons (Fsp3) is 0.333. The van der Waals surface area contributed by atoms with Crippen molar-refractivity contribution in [1.82, 2.24) is 10.3 Å². The van der Waals surface area contributed by atoms with E-state index >= 15 is 0 Å². The minimum atomic E-state index is -3.34. The fourth-order valence-corrected chi connectivity index (χ4v) is 3.29. The van der Waals surface area contributed by atoms with E-state index in [1.807, 2.05) is 12.1 Å². The number of sulfonamides is 1. The van der Waals surface area contributed by atoms with Crippen LogP contribution in [0.25, 0.3) is 0 Å². The van der Waals surface area contributed by atoms with Crippen LogP contribution in [0, 0.1) is 0 Å². The van der Waals surface area contributed by atoms with Crippen LogP contribution in [0.3, 0.4) is 0 Å². The van der Waals surface area contributed by atoms with Gasteiger partial charge in [0.1, 0.15) is 5.82 Å². The highest BCUT2D eigenvalue weighted by Crippen LogP contribution is 2.15. The molecule has 1 aromatic heterocycles. The Morgan fingerprint density at radius 2 is 1.89 bits per heavy atom. The molecule has 0 bridgehead atoms. The van der Waals surface area contributed by atoms with Crippen molar-refractivity contribution in [2.75, 3.05) is 42.2 Å². The number of amides is 1. The van der Waals surface area contributed by atoms with E-state index in [4.69, 9.17) is 4.74 Å². The van der Waals surface area contributed by atoms with Crippen LogP contribution in [0.4, 0.5) is 11.5 Å². The monoisotopic (exact) mass is 390 g/mol. The van der Waals surface area contributed by atoms with Crippen molar-refractivity contribution in [1.29, 1.82) is 0 Å². The molecule has 1 aromatic carbocycles. The second-order valence-corrected chi connectivity index (χ2v) is 8.00. The number of hydrogen-bond acceptors (Lipinski definition) is 6. The lowest BCUT2D eigenvalue weighted by atomic mass is 10.2. The van der Waals surface area contributed by atoms with Crippen LogP contribution in [-0.2, 0) is 21.3 Å². The summed E-state index contributed by atoms with van der Waals surface area (Å²) in [4.78, 5) is 18.9. The summed E-state index contributed by atoms with van der Waals surface area (Å²) in [7, 11) is -3.34. The number of ether oxygens (including phenoxy) is 1. The van der Waals surface area contributed by atoms with Crippen LogP contribution in [0.5, 0.6) is 0 Å². The maximum atomic E-state index is 12.3. The second-order valence-electron chi connectivity index (χ2n) is 6.26. The molecule has 1 aliphatic rings. The highest BCUT2D eigenvalue weighted by molar-refractivity contribution is 7.92. The molecule has 0 atom stereocenters. The van der Waals surface area contributed by atoms with Crippen molar-refractivity contribution in [3.8, 4) is 0 Å². The zero-order chi connectivity index (χ0) is 19.3. The molecule has 0 spiro atoms. The molecule has 8 nitrogen and oxygen atoms in total. The number of rotatable bonds is 6. The molecule has 1 aliphatic heterocycles. The van der Waals surface area contributed by atoms with Gasteiger partial charge < -0.3 is 15.0 Å². The van der Waals surface area contributed by atoms with Crippen LogP contribution in [-0.4, -0.2) is 51.9 Å². The molecule has 27 heavy (non-hydrogen) atoms. The predicted molar refractivity (Wildman–Crippen MR) is 103 cm³/mol. The third-order valence-corrected chi connectivity index (χ3v) is 4.65. The Morgan fingerprint density at radius 3 is 2.56 bits per heavy atom. The van der Waals surface area contributed by atoms with Crippen LogP contribution in [0.1, 0.15) is 15.9 Å². The lowest BCUT2D eigenvalue weighted by Crippen LogP contribution is -2.36. The Morgan fingerprint density at radius 1 is 1.19 bits per heavy atom. The molecule has 1 amide bonds. The Bertz CT molecular complexity index is 894. The average Bonchev–Trinajstić information content (AvgIpc) is 2.66. The lowest BCUT2D eigenvalue weighted by Gasteiger charge is -2.28. The number of aromatic nitrogens is 1. The molecule has 3 rings (SSSR count). The molecular formula is C18H22N4O4S. The quantitative estimate of drug-likeness (QED) is 0.769. The first-order valence-electron chi connectivity index (χ1n) is 8.54. The number of anilines is 2. The van der Waals surface area contributed by atoms with Crippen molar-refractivity contribution in [2.24, 2.45) is 0 Å². The molecule has 2 N–H and O–H groups in total. The van der Waals surface area contributed by atoms with Crippen molar-refractivity contribution in [3.05, 3.63) is 53.7 Å². The number of pyridine rings is 1. The van der Waals surface area contributed by atoms with Crippen LogP contribution in [0.2, 0.25) is 0 Å². The van der Waals surface area contributed by atoms with Gasteiger partial charge in [0.15, 0.2) is 0 Å². The minimum Gasteiger partial charge on any atom is -0.378 e. The van der Waals surface area contributed by atoms with Gasteiger partial charge in [0, 0.05) is 37.1 Å². The topological polar surface area (TPSA) is 101 Å². The maximum absolute atomic E-state index is 12.3. The molecular weight excluding hydrogens is 368 g/mol. The standard InChI is InChI=1S/C18H22N4O4S/c1-27(24,25)21-16-4-2-15(3-5-16)18(23)20-13-14-6-7-19-17(12-14)22-8-10-26-11-9-22/h2-7,12,21H,8-11,13H2,1H3,(H,20,23). The summed E-state index contributed by atoms with van der Waals surface area (Å²) in [5.41, 5.74) is 1.82. The van der Waals surface area contributed by atoms with Gasteiger partial charge >= 0.3 is 0 Å². The van der Waals surface area contributed by atoms with E-state index in [0.29, 0.717) is 31.0 Å². The largest absolute Gasteiger partial charge is 0.378 e. The fourth-order valence-electron chi connectivity index (χ4n) is 2.72. The zero-order valence-electron chi connectivity index (χ0n) is 15.0. The van der Waals surface area contributed by atoms with E-state index < -0.39 is 10.0 Å². The second kappa shape index (κ2) is 8.36. The molecule has 1 fully saturated rings. The van der Waals surface area contributed by atoms with E-state index in [-0.39, 0.29) is 5.91 Å². The van der Waals surface area contributed by atoms with Crippen molar-refractivity contribution < 1.29 is 17.9 Å². The average molecular weight is 390 g/mol. The van der Waals surface area contributed by atoms with Crippen molar-refractivity contribution in [2.45, 2.75) is 6.54 Å². The van der Waals surface area contributed by atoms with E-state index in [1.54, 1.807) is 30.5 Å². The first-order valence-corrected chi connectivity index (χ1v) is 10.4. The van der Waals surface area contributed by atoms with Gasteiger partial charge in [-0.2, -0.15) is 0 Å². The molecule has 144 valence electrons. The molecule has 0 aliphatic carbocycles. The Labute approximate surface area is 158 Å². The van der Waals surface area contributed by atoms with Gasteiger partial charge in [-0.15, -0.1) is 0 Å². The molecule has 1 saturated heterocycles. The summed E-state index contributed by atoms with van der Waals surface area (Å²) in [6.45, 7) is 3.36. The van der Waals surface area contributed by atoms with Crippen molar-refractivity contribution >= 4 is 27.4 Å². The zero-order valence-corrected chi connectivity index (χ0v) is 15.8. The number of benzene rings is 1. The maximum Gasteiger partial charge on any atom is 0.251 e. The number of morpholine rings is 1. The number of nitrogens with one attached hydrogen (secondary N) is 2. The third kappa shape index (κ3) is 5.66. The molecule has 0 unspecified atom stereocenters. The highest BCUT2D eigenvalue weighted by atomic mass is 32.2. The van der Waals surface area contributed by atoms with Gasteiger partial charge in [-0.05, 0) is 42.0 Å². The van der Waals surface area contributed by atoms with Crippen LogP contribution < -0.4 is 14.9 Å². The van der Waals surface area contributed by atoms with E-state index in [1.165, 1.54) is 0 Å². The molecule has 0 saturated carbocycles. The predicted octanol–water partition coefficient (Wildman–Crippen LogP) is 1.22. The Balaban J connectivity index is 1.59. The summed E-state index contributed by atoms with van der Waals surface area (Å²) >= 11 is 0. The third-order valence-electron chi connectivity index (χ3n) is 4.05. The summed E-state index contributed by atoms with van der Waals surface area (Å²) < 4.78 is 30.1. The number of carbonyl (C=O) groups excluding carboxylic acids is 1. The summed E-state index contributed by atoms with van der Waals surface area (Å²) in [6, 6.07) is 10.1. The Hall–Kier alpha value is -2.65. The normalized spacial score (nSPS) is 14.6. The number of carbonyl (C=O) groups is 1. The van der Waals surface area contributed by atoms with E-state index in [2.05, 4.69) is 19.9 Å². The minimum absolute atomic E-state index is 0.231. The van der Waals surface area contributed by atoms with Gasteiger partial charge in [0.2, 0.25) is 10.0 Å². The Kier molecular flexibility index (Phi) is 5.92. The molecule has 2 heterocycles. The number of nitrogens with zero attached hydrogens (tertiary/aromatic N) is 2. The molecule has 2 aromatic rings. The summed E-state index contributed by atoms with van der Waals surface area (Å²) in [6.07, 6.45) is 2.81. The smallest absolute Gasteiger partial charge is 0.251 e. The SMILES string of the molecule is CS(=O)(=O)Nc1ccc(C(=O)NCc2ccnc(N3CCOCC3)c2)cc1. The van der Waals surface area contributed by atoms with Crippen LogP contribution >= 0.6 is 0 Å². The van der Waals surface area contributed by atoms with Crippen LogP contribution in [0.15, 0.2) is 42.6 Å². The van der Waals surface area contributed by atoms with E-state index in [0.717, 1.165) is 30.7 Å². The lowest BCUT2D eigenvalue weighted by molar-refractivity contribution is 0.0951. The molecule has 0 radical (unpaired) electrons. The van der Waals surface area contributed by atoms with E-state index in [9.17, 15) is 13.2 Å².